The van der Waals surface area contributed by atoms with Gasteiger partial charge < -0.3 is 9.64 Å². The first-order valence-corrected chi connectivity index (χ1v) is 5.65. The number of benzene rings is 1. The first-order chi connectivity index (χ1) is 8.69. The van der Waals surface area contributed by atoms with E-state index in [1.807, 2.05) is 18.9 Å². The molecule has 0 spiro atoms. The summed E-state index contributed by atoms with van der Waals surface area (Å²) in [6.07, 6.45) is 1.43. The number of hydrogen-bond acceptors (Lipinski definition) is 4. The predicted octanol–water partition coefficient (Wildman–Crippen LogP) is 2.86. The molecule has 1 aromatic heterocycles. The SMILES string of the molecule is CCN(C)c1cc(Oc2cccc(F)c2)ncn1. The number of anilines is 1. The van der Waals surface area contributed by atoms with Crippen molar-refractivity contribution in [1.82, 2.24) is 9.97 Å². The molecule has 0 unspecified atom stereocenters. The summed E-state index contributed by atoms with van der Waals surface area (Å²) in [4.78, 5) is 10.1. The monoisotopic (exact) mass is 247 g/mol. The van der Waals surface area contributed by atoms with Gasteiger partial charge in [-0.25, -0.2) is 14.4 Å². The maximum atomic E-state index is 13.0. The average Bonchev–Trinajstić information content (AvgIpc) is 2.38. The molecule has 0 saturated carbocycles. The summed E-state index contributed by atoms with van der Waals surface area (Å²) in [5.41, 5.74) is 0. The molecule has 0 N–H and O–H groups in total. The highest BCUT2D eigenvalue weighted by molar-refractivity contribution is 5.40. The number of hydrogen-bond donors (Lipinski definition) is 0. The van der Waals surface area contributed by atoms with E-state index >= 15 is 0 Å². The highest BCUT2D eigenvalue weighted by Crippen LogP contribution is 2.22. The van der Waals surface area contributed by atoms with E-state index in [1.165, 1.54) is 18.5 Å². The fraction of sp³-hybridized carbons (Fsp3) is 0.231. The Hall–Kier alpha value is -2.17. The molecule has 0 amide bonds. The summed E-state index contributed by atoms with van der Waals surface area (Å²) in [6.45, 7) is 2.85. The van der Waals surface area contributed by atoms with Gasteiger partial charge >= 0.3 is 0 Å². The molecule has 94 valence electrons. The van der Waals surface area contributed by atoms with Crippen LogP contribution in [0.15, 0.2) is 36.7 Å². The molecule has 1 aromatic carbocycles. The van der Waals surface area contributed by atoms with Crippen molar-refractivity contribution in [1.29, 1.82) is 0 Å². The van der Waals surface area contributed by atoms with Crippen molar-refractivity contribution in [2.45, 2.75) is 6.92 Å². The third-order valence-corrected chi connectivity index (χ3v) is 2.51. The molecule has 0 radical (unpaired) electrons. The molecule has 1 heterocycles. The van der Waals surface area contributed by atoms with E-state index < -0.39 is 0 Å². The number of rotatable bonds is 4. The molecule has 0 aliphatic carbocycles. The van der Waals surface area contributed by atoms with Gasteiger partial charge in [-0.05, 0) is 19.1 Å². The lowest BCUT2D eigenvalue weighted by molar-refractivity contribution is 0.456. The van der Waals surface area contributed by atoms with Crippen LogP contribution in [-0.2, 0) is 0 Å². The summed E-state index contributed by atoms with van der Waals surface area (Å²) in [6, 6.07) is 7.65. The topological polar surface area (TPSA) is 38.2 Å². The van der Waals surface area contributed by atoms with Gasteiger partial charge in [-0.1, -0.05) is 6.07 Å². The first-order valence-electron chi connectivity index (χ1n) is 5.65. The molecule has 2 rings (SSSR count). The molecule has 0 fully saturated rings. The molecular weight excluding hydrogens is 233 g/mol. The van der Waals surface area contributed by atoms with Gasteiger partial charge in [-0.3, -0.25) is 0 Å². The molecule has 0 saturated heterocycles. The number of aromatic nitrogens is 2. The summed E-state index contributed by atoms with van der Waals surface area (Å²) in [7, 11) is 1.92. The van der Waals surface area contributed by atoms with Crippen LogP contribution in [0.1, 0.15) is 6.92 Å². The van der Waals surface area contributed by atoms with Crippen molar-refractivity contribution < 1.29 is 9.13 Å². The predicted molar refractivity (Wildman–Crippen MR) is 67.5 cm³/mol. The summed E-state index contributed by atoms with van der Waals surface area (Å²) in [5.74, 6) is 1.23. The molecule has 5 heteroatoms. The lowest BCUT2D eigenvalue weighted by Gasteiger charge is -2.15. The van der Waals surface area contributed by atoms with Gasteiger partial charge in [0.2, 0.25) is 5.88 Å². The summed E-state index contributed by atoms with van der Waals surface area (Å²) >= 11 is 0. The van der Waals surface area contributed by atoms with Gasteiger partial charge in [-0.2, -0.15) is 0 Å². The molecule has 0 aliphatic rings. The van der Waals surface area contributed by atoms with Crippen LogP contribution in [-0.4, -0.2) is 23.6 Å². The Kier molecular flexibility index (Phi) is 3.72. The molecule has 0 aliphatic heterocycles. The fourth-order valence-electron chi connectivity index (χ4n) is 1.41. The lowest BCUT2D eigenvalue weighted by atomic mass is 10.3. The fourth-order valence-corrected chi connectivity index (χ4v) is 1.41. The molecule has 18 heavy (non-hydrogen) atoms. The van der Waals surface area contributed by atoms with E-state index in [2.05, 4.69) is 9.97 Å². The van der Waals surface area contributed by atoms with Crippen molar-refractivity contribution in [2.24, 2.45) is 0 Å². The lowest BCUT2D eigenvalue weighted by Crippen LogP contribution is -2.17. The van der Waals surface area contributed by atoms with Crippen LogP contribution in [0, 0.1) is 5.82 Å². The van der Waals surface area contributed by atoms with Crippen LogP contribution in [0.2, 0.25) is 0 Å². The second-order valence-electron chi connectivity index (χ2n) is 3.79. The van der Waals surface area contributed by atoms with Crippen LogP contribution in [0.5, 0.6) is 11.6 Å². The minimum absolute atomic E-state index is 0.340. The van der Waals surface area contributed by atoms with Crippen LogP contribution >= 0.6 is 0 Å². The maximum absolute atomic E-state index is 13.0. The van der Waals surface area contributed by atoms with Crippen molar-refractivity contribution in [3.8, 4) is 11.6 Å². The number of halogens is 1. The zero-order chi connectivity index (χ0) is 13.0. The highest BCUT2D eigenvalue weighted by Gasteiger charge is 2.05. The molecule has 0 bridgehead atoms. The smallest absolute Gasteiger partial charge is 0.224 e. The molecule has 2 aromatic rings. The zero-order valence-corrected chi connectivity index (χ0v) is 10.3. The first kappa shape index (κ1) is 12.3. The number of ether oxygens (including phenoxy) is 1. The van der Waals surface area contributed by atoms with Gasteiger partial charge in [-0.15, -0.1) is 0 Å². The minimum Gasteiger partial charge on any atom is -0.439 e. The van der Waals surface area contributed by atoms with E-state index in [4.69, 9.17) is 4.74 Å². The Bertz CT molecular complexity index is 533. The Balaban J connectivity index is 2.19. The molecule has 4 nitrogen and oxygen atoms in total. The second kappa shape index (κ2) is 5.44. The summed E-state index contributed by atoms with van der Waals surface area (Å²) < 4.78 is 18.5. The zero-order valence-electron chi connectivity index (χ0n) is 10.3. The van der Waals surface area contributed by atoms with Crippen molar-refractivity contribution in [2.75, 3.05) is 18.5 Å². The van der Waals surface area contributed by atoms with Crippen molar-refractivity contribution >= 4 is 5.82 Å². The van der Waals surface area contributed by atoms with Crippen LogP contribution < -0.4 is 9.64 Å². The minimum atomic E-state index is -0.340. The van der Waals surface area contributed by atoms with E-state index in [0.29, 0.717) is 11.6 Å². The maximum Gasteiger partial charge on any atom is 0.224 e. The van der Waals surface area contributed by atoms with Gasteiger partial charge in [0, 0.05) is 25.7 Å². The van der Waals surface area contributed by atoms with E-state index in [1.54, 1.807) is 18.2 Å². The largest absolute Gasteiger partial charge is 0.439 e. The van der Waals surface area contributed by atoms with Crippen LogP contribution in [0.3, 0.4) is 0 Å². The highest BCUT2D eigenvalue weighted by atomic mass is 19.1. The Labute approximate surface area is 105 Å². The standard InChI is InChI=1S/C13H14FN3O/c1-3-17(2)12-8-13(16-9-15-12)18-11-6-4-5-10(14)7-11/h4-9H,3H2,1-2H3. The summed E-state index contributed by atoms with van der Waals surface area (Å²) in [5, 5.41) is 0. The quantitative estimate of drug-likeness (QED) is 0.832. The average molecular weight is 247 g/mol. The normalized spacial score (nSPS) is 10.2. The Morgan fingerprint density at radius 1 is 1.28 bits per heavy atom. The van der Waals surface area contributed by atoms with Gasteiger partial charge in [0.25, 0.3) is 0 Å². The Morgan fingerprint density at radius 3 is 2.83 bits per heavy atom. The van der Waals surface area contributed by atoms with Gasteiger partial charge in [0.05, 0.1) is 0 Å². The third-order valence-electron chi connectivity index (χ3n) is 2.51. The van der Waals surface area contributed by atoms with Gasteiger partial charge in [0.15, 0.2) is 0 Å². The van der Waals surface area contributed by atoms with E-state index in [-0.39, 0.29) is 5.82 Å². The van der Waals surface area contributed by atoms with E-state index in [9.17, 15) is 4.39 Å². The van der Waals surface area contributed by atoms with Crippen molar-refractivity contribution in [3.63, 3.8) is 0 Å². The molecular formula is C13H14FN3O. The second-order valence-corrected chi connectivity index (χ2v) is 3.79. The molecule has 0 atom stereocenters. The number of nitrogens with zero attached hydrogens (tertiary/aromatic N) is 3. The van der Waals surface area contributed by atoms with Gasteiger partial charge in [0.1, 0.15) is 23.7 Å². The Morgan fingerprint density at radius 2 is 2.11 bits per heavy atom. The van der Waals surface area contributed by atoms with E-state index in [0.717, 1.165) is 12.4 Å². The van der Waals surface area contributed by atoms with Crippen molar-refractivity contribution in [3.05, 3.63) is 42.5 Å². The third kappa shape index (κ3) is 2.94. The van der Waals surface area contributed by atoms with Crippen LogP contribution in [0.25, 0.3) is 0 Å². The van der Waals surface area contributed by atoms with Crippen LogP contribution in [0.4, 0.5) is 10.2 Å².